The van der Waals surface area contributed by atoms with Crippen molar-refractivity contribution in [2.45, 2.75) is 43.6 Å². The molecule has 0 amide bonds. The molecule has 2 aliphatic heterocycles. The van der Waals surface area contributed by atoms with Crippen molar-refractivity contribution in [3.63, 3.8) is 0 Å². The van der Waals surface area contributed by atoms with Crippen LogP contribution >= 0.6 is 0 Å². The molecule has 2 N–H and O–H groups in total. The van der Waals surface area contributed by atoms with Crippen LogP contribution in [0.5, 0.6) is 5.75 Å². The zero-order chi connectivity index (χ0) is 18.5. The zero-order valence-electron chi connectivity index (χ0n) is 15.0. The first kappa shape index (κ1) is 16.4. The summed E-state index contributed by atoms with van der Waals surface area (Å²) in [6, 6.07) is 1.92. The summed E-state index contributed by atoms with van der Waals surface area (Å²) in [4.78, 5) is 14.9. The molecular weight excluding hydrogens is 347 g/mol. The Hall–Kier alpha value is -2.74. The van der Waals surface area contributed by atoms with Crippen LogP contribution in [0.15, 0.2) is 37.2 Å². The molecule has 1 unspecified atom stereocenters. The van der Waals surface area contributed by atoms with E-state index in [-0.39, 0.29) is 17.8 Å². The normalized spacial score (nSPS) is 27.2. The molecule has 3 aromatic rings. The monoisotopic (exact) mass is 368 g/mol. The summed E-state index contributed by atoms with van der Waals surface area (Å²) in [7, 11) is 1.88. The molecule has 140 valence electrons. The second-order valence-electron chi connectivity index (χ2n) is 7.43. The summed E-state index contributed by atoms with van der Waals surface area (Å²) in [5.74, 6) is 0.752. The van der Waals surface area contributed by atoms with Gasteiger partial charge in [-0.1, -0.05) is 0 Å². The lowest BCUT2D eigenvalue weighted by molar-refractivity contribution is 0.176. The zero-order valence-corrected chi connectivity index (χ0v) is 15.0. The Labute approximate surface area is 155 Å². The standard InChI is InChI=1S/C19H21FN6O/c1-25(15-6-11-2-3-13(24-11)18(15)20)17-9-22-14(7-23-17)12-4-5-26-10-21-8-16(26)19(12)27/h4-5,7-11,13,15,18,24,27H,2-3,6H2,1H3/t11-,13?,15-,18+/m0/s1. The first-order valence-electron chi connectivity index (χ1n) is 9.21. The van der Waals surface area contributed by atoms with Gasteiger partial charge in [-0.05, 0) is 25.3 Å². The number of aromatic nitrogens is 4. The first-order valence-corrected chi connectivity index (χ1v) is 9.21. The van der Waals surface area contributed by atoms with Gasteiger partial charge in [0.25, 0.3) is 0 Å². The average Bonchev–Trinajstić information content (AvgIpc) is 3.33. The molecule has 0 saturated carbocycles. The fourth-order valence-corrected chi connectivity index (χ4v) is 4.35. The van der Waals surface area contributed by atoms with Crippen LogP contribution in [0.3, 0.4) is 0 Å². The number of alkyl halides is 1. The second kappa shape index (κ2) is 6.16. The molecule has 0 spiro atoms. The van der Waals surface area contributed by atoms with Gasteiger partial charge in [0.2, 0.25) is 0 Å². The molecule has 0 aliphatic carbocycles. The Kier molecular flexibility index (Phi) is 3.75. The SMILES string of the molecule is CN(c1cnc(-c2ccn3cncc3c2O)cn1)[C@H]1C[C@@H]2CCC(N2)[C@H]1F. The number of halogens is 1. The Bertz CT molecular complexity index is 974. The minimum absolute atomic E-state index is 0.0530. The number of hydrogen-bond acceptors (Lipinski definition) is 6. The van der Waals surface area contributed by atoms with E-state index >= 15 is 0 Å². The van der Waals surface area contributed by atoms with Gasteiger partial charge in [-0.15, -0.1) is 0 Å². The van der Waals surface area contributed by atoms with Gasteiger partial charge >= 0.3 is 0 Å². The molecule has 27 heavy (non-hydrogen) atoms. The van der Waals surface area contributed by atoms with Gasteiger partial charge in [0, 0.05) is 30.9 Å². The maximum absolute atomic E-state index is 14.8. The Balaban J connectivity index is 1.42. The van der Waals surface area contributed by atoms with Crippen molar-refractivity contribution >= 4 is 11.3 Å². The number of imidazole rings is 1. The molecule has 5 rings (SSSR count). The summed E-state index contributed by atoms with van der Waals surface area (Å²) in [5.41, 5.74) is 1.77. The highest BCUT2D eigenvalue weighted by atomic mass is 19.1. The smallest absolute Gasteiger partial charge is 0.150 e. The minimum atomic E-state index is -0.913. The van der Waals surface area contributed by atoms with Gasteiger partial charge < -0.3 is 19.7 Å². The molecule has 2 saturated heterocycles. The van der Waals surface area contributed by atoms with Crippen LogP contribution in [0.2, 0.25) is 0 Å². The van der Waals surface area contributed by atoms with Gasteiger partial charge in [0.1, 0.15) is 17.5 Å². The summed E-state index contributed by atoms with van der Waals surface area (Å²) >= 11 is 0. The van der Waals surface area contributed by atoms with Crippen LogP contribution in [0.25, 0.3) is 16.8 Å². The number of nitrogens with zero attached hydrogens (tertiary/aromatic N) is 5. The number of pyridine rings is 1. The maximum Gasteiger partial charge on any atom is 0.150 e. The van der Waals surface area contributed by atoms with Crippen molar-refractivity contribution in [1.82, 2.24) is 24.7 Å². The van der Waals surface area contributed by atoms with Gasteiger partial charge in [-0.2, -0.15) is 0 Å². The van der Waals surface area contributed by atoms with Crippen molar-refractivity contribution < 1.29 is 9.50 Å². The van der Waals surface area contributed by atoms with Gasteiger partial charge in [-0.3, -0.25) is 4.98 Å². The van der Waals surface area contributed by atoms with Gasteiger partial charge in [-0.25, -0.2) is 14.4 Å². The number of fused-ring (bicyclic) bond motifs is 3. The summed E-state index contributed by atoms with van der Waals surface area (Å²) < 4.78 is 16.5. The largest absolute Gasteiger partial charge is 0.505 e. The van der Waals surface area contributed by atoms with Crippen molar-refractivity contribution in [3.05, 3.63) is 37.2 Å². The topological polar surface area (TPSA) is 78.6 Å². The Morgan fingerprint density at radius 2 is 2.15 bits per heavy atom. The highest BCUT2D eigenvalue weighted by Crippen LogP contribution is 2.34. The van der Waals surface area contributed by atoms with Crippen molar-refractivity contribution in [1.29, 1.82) is 0 Å². The fourth-order valence-electron chi connectivity index (χ4n) is 4.35. The molecular formula is C19H21FN6O. The van der Waals surface area contributed by atoms with Crippen molar-refractivity contribution in [2.75, 3.05) is 11.9 Å². The van der Waals surface area contributed by atoms with Crippen LogP contribution in [-0.4, -0.2) is 55.8 Å². The number of piperidine rings is 1. The number of rotatable bonds is 3. The number of aromatic hydroxyl groups is 1. The van der Waals surface area contributed by atoms with E-state index in [0.29, 0.717) is 28.6 Å². The maximum atomic E-state index is 14.8. The number of hydrogen-bond donors (Lipinski definition) is 2. The van der Waals surface area contributed by atoms with E-state index in [1.165, 1.54) is 0 Å². The molecule has 8 heteroatoms. The lowest BCUT2D eigenvalue weighted by Gasteiger charge is -2.38. The summed E-state index contributed by atoms with van der Waals surface area (Å²) in [6.07, 6.45) is 10.1. The van der Waals surface area contributed by atoms with E-state index in [2.05, 4.69) is 20.3 Å². The third-order valence-electron chi connectivity index (χ3n) is 5.89. The predicted molar refractivity (Wildman–Crippen MR) is 99.5 cm³/mol. The van der Waals surface area contributed by atoms with E-state index in [9.17, 15) is 9.50 Å². The molecule has 0 radical (unpaired) electrons. The van der Waals surface area contributed by atoms with Crippen LogP contribution in [-0.2, 0) is 0 Å². The van der Waals surface area contributed by atoms with E-state index in [0.717, 1.165) is 19.3 Å². The molecule has 5 heterocycles. The molecule has 7 nitrogen and oxygen atoms in total. The van der Waals surface area contributed by atoms with E-state index in [1.54, 1.807) is 35.4 Å². The lowest BCUT2D eigenvalue weighted by atomic mass is 9.96. The van der Waals surface area contributed by atoms with E-state index in [4.69, 9.17) is 0 Å². The Morgan fingerprint density at radius 1 is 1.26 bits per heavy atom. The minimum Gasteiger partial charge on any atom is -0.505 e. The summed E-state index contributed by atoms with van der Waals surface area (Å²) in [6.45, 7) is 0. The second-order valence-corrected chi connectivity index (χ2v) is 7.43. The molecule has 2 bridgehead atoms. The van der Waals surface area contributed by atoms with Crippen LogP contribution in [0.1, 0.15) is 19.3 Å². The van der Waals surface area contributed by atoms with E-state index < -0.39 is 6.17 Å². The van der Waals surface area contributed by atoms with Crippen molar-refractivity contribution in [2.24, 2.45) is 0 Å². The van der Waals surface area contributed by atoms with Crippen LogP contribution < -0.4 is 10.2 Å². The lowest BCUT2D eigenvalue weighted by Crippen LogP contribution is -2.55. The molecule has 4 atom stereocenters. The number of anilines is 1. The fraction of sp³-hybridized carbons (Fsp3) is 0.421. The Morgan fingerprint density at radius 3 is 2.96 bits per heavy atom. The van der Waals surface area contributed by atoms with Crippen LogP contribution in [0.4, 0.5) is 10.2 Å². The average molecular weight is 368 g/mol. The summed E-state index contributed by atoms with van der Waals surface area (Å²) in [5, 5.41) is 13.8. The highest BCUT2D eigenvalue weighted by Gasteiger charge is 2.43. The van der Waals surface area contributed by atoms with Crippen LogP contribution in [0, 0.1) is 0 Å². The quantitative estimate of drug-likeness (QED) is 0.738. The van der Waals surface area contributed by atoms with E-state index in [1.807, 2.05) is 18.1 Å². The third-order valence-corrected chi connectivity index (χ3v) is 5.89. The third kappa shape index (κ3) is 2.63. The van der Waals surface area contributed by atoms with Gasteiger partial charge in [0.05, 0.1) is 36.7 Å². The van der Waals surface area contributed by atoms with Gasteiger partial charge in [0.15, 0.2) is 5.75 Å². The highest BCUT2D eigenvalue weighted by molar-refractivity contribution is 5.76. The van der Waals surface area contributed by atoms with Crippen molar-refractivity contribution in [3.8, 4) is 17.0 Å². The molecule has 3 aromatic heterocycles. The molecule has 0 aromatic carbocycles. The molecule has 2 aliphatic rings. The predicted octanol–water partition coefficient (Wildman–Crippen LogP) is 2.16. The first-order chi connectivity index (χ1) is 13.1. The number of nitrogens with one attached hydrogen (secondary N) is 1. The molecule has 2 fully saturated rings.